The summed E-state index contributed by atoms with van der Waals surface area (Å²) >= 11 is 0. The molecule has 14 nitrogen and oxygen atoms in total. The molecule has 2 aliphatic heterocycles. The van der Waals surface area contributed by atoms with Crippen molar-refractivity contribution in [2.75, 3.05) is 22.8 Å². The lowest BCUT2D eigenvalue weighted by Crippen LogP contribution is -2.45. The molecule has 3 amide bonds. The molecule has 1 saturated heterocycles. The van der Waals surface area contributed by atoms with Crippen molar-refractivity contribution in [1.82, 2.24) is 14.9 Å². The Morgan fingerprint density at radius 2 is 2.03 bits per heavy atom. The molecule has 5 rings (SSSR count). The molecule has 202 valence electrons. The minimum Gasteiger partial charge on any atom is -0.588 e. The summed E-state index contributed by atoms with van der Waals surface area (Å²) in [5, 5.41) is 11.4. The number of nitrogens with one attached hydrogen (secondary N) is 2. The fourth-order valence-electron chi connectivity index (χ4n) is 4.57. The number of piperidine rings is 1. The van der Waals surface area contributed by atoms with Crippen LogP contribution in [0.1, 0.15) is 24.7 Å². The van der Waals surface area contributed by atoms with Crippen LogP contribution in [0.3, 0.4) is 0 Å². The van der Waals surface area contributed by atoms with Gasteiger partial charge in [-0.2, -0.15) is 0 Å². The lowest BCUT2D eigenvalue weighted by atomic mass is 10.1. The molecule has 3 N–H and O–H groups in total. The van der Waals surface area contributed by atoms with Gasteiger partial charge in [0, 0.05) is 12.5 Å². The maximum Gasteiger partial charge on any atom is 0.323 e. The van der Waals surface area contributed by atoms with Crippen LogP contribution in [0, 0.1) is 6.92 Å². The Kier molecular flexibility index (Phi) is 6.40. The number of imide groups is 1. The number of ether oxygens (including phenoxy) is 1. The van der Waals surface area contributed by atoms with Crippen molar-refractivity contribution in [3.05, 3.63) is 52.6 Å². The van der Waals surface area contributed by atoms with Crippen molar-refractivity contribution in [3.63, 3.8) is 0 Å². The van der Waals surface area contributed by atoms with Gasteiger partial charge in [0.05, 0.1) is 11.1 Å². The van der Waals surface area contributed by atoms with Crippen LogP contribution in [0.2, 0.25) is 0 Å². The molecule has 0 saturated carbocycles. The predicted molar refractivity (Wildman–Crippen MR) is 135 cm³/mol. The highest BCUT2D eigenvalue weighted by Gasteiger charge is 2.33. The Morgan fingerprint density at radius 1 is 1.26 bits per heavy atom. The van der Waals surface area contributed by atoms with Crippen molar-refractivity contribution in [2.45, 2.75) is 30.7 Å². The summed E-state index contributed by atoms with van der Waals surface area (Å²) in [7, 11) is -4.32. The zero-order valence-corrected chi connectivity index (χ0v) is 21.1. The first-order valence-corrected chi connectivity index (χ1v) is 13.1. The third-order valence-electron chi connectivity index (χ3n) is 6.35. The van der Waals surface area contributed by atoms with Crippen molar-refractivity contribution in [1.29, 1.82) is 0 Å². The zero-order valence-electron chi connectivity index (χ0n) is 20.3. The van der Waals surface area contributed by atoms with Gasteiger partial charge in [0.25, 0.3) is 11.5 Å². The van der Waals surface area contributed by atoms with Gasteiger partial charge in [-0.1, -0.05) is 10.3 Å². The summed E-state index contributed by atoms with van der Waals surface area (Å²) in [6.45, 7) is 0.424. The van der Waals surface area contributed by atoms with E-state index in [9.17, 15) is 37.8 Å². The third kappa shape index (κ3) is 4.72. The van der Waals surface area contributed by atoms with E-state index in [0.29, 0.717) is 0 Å². The Labute approximate surface area is 221 Å². The normalized spacial score (nSPS) is 18.7. The number of hydrogen-bond acceptors (Lipinski definition) is 9. The van der Waals surface area contributed by atoms with E-state index in [-0.39, 0.29) is 58.2 Å². The quantitative estimate of drug-likeness (QED) is 0.284. The van der Waals surface area contributed by atoms with Crippen LogP contribution in [0.4, 0.5) is 11.4 Å². The van der Waals surface area contributed by atoms with Crippen LogP contribution >= 0.6 is 0 Å². The number of hydrogen-bond donors (Lipinski definition) is 3. The highest BCUT2D eigenvalue weighted by Crippen LogP contribution is 2.36. The highest BCUT2D eigenvalue weighted by atomic mass is 32.3. The molecular weight excluding hydrogens is 534 g/mol. The largest absolute Gasteiger partial charge is 0.588 e. The molecule has 2 unspecified atom stereocenters. The summed E-state index contributed by atoms with van der Waals surface area (Å²) in [5.74, 6) is -2.71. The number of para-hydroxylation sites is 1. The number of nitrogens with zero attached hydrogens (tertiary/aromatic N) is 3. The van der Waals surface area contributed by atoms with Crippen molar-refractivity contribution >= 4 is 56.4 Å². The number of aliphatic carboxylic acids is 1. The molecular formula is C24H21N5O9S. The molecule has 1 aromatic heterocycles. The Balaban J connectivity index is 1.53. The van der Waals surface area contributed by atoms with E-state index < -0.39 is 52.2 Å². The standard InChI is InChI=1S/C24H21N5O9S/c1-12-25-22-14(24(35)29(12)16-6-8-19(30)26-23(16)34)3-2-4-15(22)27-39(36,37)13-5-7-18-17(9-13)28(10-21(32)33)20(31)11-38-18/h2-5,7,9,16H,6,8,10-11H2,1H3,(H3-,26,27,30,32,33,34,36,37). The Hall–Kier alpha value is -4.63. The lowest BCUT2D eigenvalue weighted by molar-refractivity contribution is -0.137. The van der Waals surface area contributed by atoms with Crippen molar-refractivity contribution in [3.8, 4) is 5.75 Å². The van der Waals surface area contributed by atoms with Crippen LogP contribution in [0.25, 0.3) is 10.9 Å². The molecule has 0 radical (unpaired) electrons. The molecule has 2 atom stereocenters. The summed E-state index contributed by atoms with van der Waals surface area (Å²) in [4.78, 5) is 65.8. The number of aryl methyl sites for hydroxylation is 1. The second-order valence-electron chi connectivity index (χ2n) is 8.90. The van der Waals surface area contributed by atoms with E-state index >= 15 is 0 Å². The SMILES string of the molecule is Cc1nc2c(N[S+](=O)([O-])c3ccc4c(c3)N(CC(=O)O)C(=O)CO4)cccc2c(=O)n1C1CCC(=O)NC1=O. The molecule has 3 aromatic rings. The molecule has 3 heterocycles. The first-order chi connectivity index (χ1) is 18.5. The van der Waals surface area contributed by atoms with Crippen LogP contribution in [0.15, 0.2) is 46.1 Å². The summed E-state index contributed by atoms with van der Waals surface area (Å²) in [6.07, 6.45) is 0.176. The van der Waals surface area contributed by atoms with Gasteiger partial charge in [0.15, 0.2) is 21.9 Å². The smallest absolute Gasteiger partial charge is 0.323 e. The van der Waals surface area contributed by atoms with Crippen molar-refractivity contribution in [2.24, 2.45) is 0 Å². The van der Waals surface area contributed by atoms with Gasteiger partial charge in [-0.3, -0.25) is 38.8 Å². The van der Waals surface area contributed by atoms with Gasteiger partial charge < -0.3 is 14.4 Å². The van der Waals surface area contributed by atoms with Gasteiger partial charge in [-0.25, -0.2) is 9.71 Å². The highest BCUT2D eigenvalue weighted by molar-refractivity contribution is 7.99. The minimum absolute atomic E-state index is 0.0180. The average molecular weight is 556 g/mol. The monoisotopic (exact) mass is 555 g/mol. The first-order valence-electron chi connectivity index (χ1n) is 11.6. The molecule has 39 heavy (non-hydrogen) atoms. The van der Waals surface area contributed by atoms with Gasteiger partial charge in [-0.05, 0) is 37.6 Å². The third-order valence-corrected chi connectivity index (χ3v) is 7.71. The lowest BCUT2D eigenvalue weighted by Gasteiger charge is -2.28. The number of sulfonamides is 1. The Bertz CT molecular complexity index is 1680. The van der Waals surface area contributed by atoms with Crippen molar-refractivity contribution < 1.29 is 37.8 Å². The van der Waals surface area contributed by atoms with Gasteiger partial charge in [-0.15, -0.1) is 0 Å². The van der Waals surface area contributed by atoms with Gasteiger partial charge in [0.2, 0.25) is 11.8 Å². The van der Waals surface area contributed by atoms with Crippen LogP contribution in [0.5, 0.6) is 5.75 Å². The van der Waals surface area contributed by atoms with Crippen LogP contribution in [-0.2, 0) is 33.8 Å². The number of amides is 3. The maximum atomic E-state index is 13.4. The molecule has 0 spiro atoms. The summed E-state index contributed by atoms with van der Waals surface area (Å²) < 4.78 is 35.5. The number of rotatable bonds is 6. The van der Waals surface area contributed by atoms with Crippen LogP contribution in [-0.4, -0.2) is 56.1 Å². The molecule has 0 aliphatic carbocycles. The zero-order chi connectivity index (χ0) is 28.1. The molecule has 2 aromatic carbocycles. The number of aromatic nitrogens is 2. The molecule has 0 bridgehead atoms. The minimum atomic E-state index is -4.32. The Morgan fingerprint density at radius 3 is 2.74 bits per heavy atom. The summed E-state index contributed by atoms with van der Waals surface area (Å²) in [6, 6.07) is 7.02. The summed E-state index contributed by atoms with van der Waals surface area (Å²) in [5.41, 5.74) is -0.580. The molecule has 15 heteroatoms. The first kappa shape index (κ1) is 26.0. The number of carboxylic acids is 1. The van der Waals surface area contributed by atoms with E-state index in [1.54, 1.807) is 0 Å². The number of fused-ring (bicyclic) bond motifs is 2. The van der Waals surface area contributed by atoms with E-state index in [2.05, 4.69) is 15.0 Å². The number of anilines is 2. The molecule has 1 fully saturated rings. The maximum absolute atomic E-state index is 13.4. The van der Waals surface area contributed by atoms with Crippen LogP contribution < -0.4 is 25.2 Å². The fourth-order valence-corrected chi connectivity index (χ4v) is 5.65. The topological polar surface area (TPSA) is 200 Å². The number of carbonyl (C=O) groups excluding carboxylic acids is 3. The van der Waals surface area contributed by atoms with E-state index in [0.717, 1.165) is 11.0 Å². The average Bonchev–Trinajstić information content (AvgIpc) is 2.87. The van der Waals surface area contributed by atoms with Gasteiger partial charge >= 0.3 is 5.97 Å². The van der Waals surface area contributed by atoms with E-state index in [1.165, 1.54) is 41.8 Å². The fraction of sp³-hybridized carbons (Fsp3) is 0.250. The predicted octanol–water partition coefficient (Wildman–Crippen LogP) is 0.509. The number of carbonyl (C=O) groups is 4. The molecule has 2 aliphatic rings. The number of carboxylic acid groups (broad SMARTS) is 1. The second-order valence-corrected chi connectivity index (χ2v) is 10.6. The van der Waals surface area contributed by atoms with E-state index in [1.807, 2.05) is 0 Å². The number of benzene rings is 2. The van der Waals surface area contributed by atoms with Gasteiger partial charge in [0.1, 0.15) is 35.4 Å². The second kappa shape index (κ2) is 9.59. The van der Waals surface area contributed by atoms with E-state index in [4.69, 9.17) is 4.74 Å².